The molecule has 1 N–H and O–H groups in total. The summed E-state index contributed by atoms with van der Waals surface area (Å²) in [6.07, 6.45) is 0. The third-order valence-corrected chi connectivity index (χ3v) is 3.86. The minimum absolute atomic E-state index is 0.106. The molecule has 106 valence electrons. The van der Waals surface area contributed by atoms with Crippen LogP contribution in [-0.2, 0) is 4.79 Å². The summed E-state index contributed by atoms with van der Waals surface area (Å²) in [7, 11) is 0. The van der Waals surface area contributed by atoms with E-state index in [2.05, 4.69) is 26.2 Å². The smallest absolute Gasteiger partial charge is 0.256 e. The van der Waals surface area contributed by atoms with Crippen LogP contribution in [0.2, 0.25) is 0 Å². The topological polar surface area (TPSA) is 55.1 Å². The Morgan fingerprint density at radius 1 is 1.50 bits per heavy atom. The van der Waals surface area contributed by atoms with E-state index in [4.69, 9.17) is 4.42 Å². The van der Waals surface area contributed by atoms with E-state index in [1.54, 1.807) is 6.07 Å². The molecular weight excluding hydrogens is 347 g/mol. The fraction of sp³-hybridized carbons (Fsp3) is 0.231. The van der Waals surface area contributed by atoms with Crippen LogP contribution in [0.4, 0.5) is 10.1 Å². The van der Waals surface area contributed by atoms with Crippen LogP contribution in [-0.4, -0.2) is 16.6 Å². The molecule has 0 spiro atoms. The molecule has 1 aromatic heterocycles. The molecule has 0 unspecified atom stereocenters. The van der Waals surface area contributed by atoms with Gasteiger partial charge in [-0.2, -0.15) is 0 Å². The van der Waals surface area contributed by atoms with Crippen molar-refractivity contribution in [3.8, 4) is 0 Å². The molecule has 0 fully saturated rings. The Morgan fingerprint density at radius 3 is 2.85 bits per heavy atom. The number of nitrogens with one attached hydrogen (secondary N) is 1. The van der Waals surface area contributed by atoms with Crippen molar-refractivity contribution >= 4 is 39.3 Å². The zero-order chi connectivity index (χ0) is 14.7. The molecule has 0 atom stereocenters. The van der Waals surface area contributed by atoms with E-state index in [1.165, 1.54) is 23.9 Å². The van der Waals surface area contributed by atoms with Gasteiger partial charge in [0.2, 0.25) is 5.91 Å². The van der Waals surface area contributed by atoms with Crippen LogP contribution in [0.25, 0.3) is 0 Å². The van der Waals surface area contributed by atoms with Gasteiger partial charge in [-0.1, -0.05) is 27.7 Å². The van der Waals surface area contributed by atoms with Gasteiger partial charge in [0.05, 0.1) is 17.1 Å². The molecule has 0 aliphatic rings. The number of aromatic nitrogens is 1. The summed E-state index contributed by atoms with van der Waals surface area (Å²) in [5.41, 5.74) is 0.949. The third kappa shape index (κ3) is 3.83. The summed E-state index contributed by atoms with van der Waals surface area (Å²) in [6.45, 7) is 3.64. The molecule has 0 aliphatic heterocycles. The highest BCUT2D eigenvalue weighted by Crippen LogP contribution is 2.22. The van der Waals surface area contributed by atoms with Crippen LogP contribution in [0.3, 0.4) is 0 Å². The Balaban J connectivity index is 1.92. The summed E-state index contributed by atoms with van der Waals surface area (Å²) in [4.78, 5) is 15.9. The van der Waals surface area contributed by atoms with Gasteiger partial charge in [0.1, 0.15) is 11.6 Å². The fourth-order valence-corrected chi connectivity index (χ4v) is 2.45. The number of nitrogens with zero attached hydrogens (tertiary/aromatic N) is 1. The predicted molar refractivity (Wildman–Crippen MR) is 79.4 cm³/mol. The molecule has 7 heteroatoms. The summed E-state index contributed by atoms with van der Waals surface area (Å²) in [6, 6.07) is 4.46. The molecule has 20 heavy (non-hydrogen) atoms. The van der Waals surface area contributed by atoms with Gasteiger partial charge in [0.15, 0.2) is 0 Å². The average Bonchev–Trinajstić information content (AvgIpc) is 2.70. The molecule has 2 aromatic rings. The first-order valence-electron chi connectivity index (χ1n) is 5.77. The van der Waals surface area contributed by atoms with Crippen molar-refractivity contribution < 1.29 is 13.6 Å². The zero-order valence-electron chi connectivity index (χ0n) is 10.9. The second kappa shape index (κ2) is 6.41. The Bertz CT molecular complexity index is 626. The van der Waals surface area contributed by atoms with Crippen molar-refractivity contribution in [2.45, 2.75) is 19.1 Å². The lowest BCUT2D eigenvalue weighted by Crippen LogP contribution is -2.15. The minimum atomic E-state index is -0.486. The molecule has 1 heterocycles. The van der Waals surface area contributed by atoms with Gasteiger partial charge in [0.25, 0.3) is 5.22 Å². The van der Waals surface area contributed by atoms with Crippen LogP contribution in [0, 0.1) is 19.7 Å². The Kier molecular flexibility index (Phi) is 4.82. The number of rotatable bonds is 4. The normalized spacial score (nSPS) is 10.6. The average molecular weight is 359 g/mol. The van der Waals surface area contributed by atoms with Crippen LogP contribution < -0.4 is 5.32 Å². The summed E-state index contributed by atoms with van der Waals surface area (Å²) in [5.74, 6) is 0.0339. The molecule has 0 bridgehead atoms. The number of hydrogen-bond acceptors (Lipinski definition) is 4. The predicted octanol–water partition coefficient (Wildman–Crippen LogP) is 3.92. The highest BCUT2D eigenvalue weighted by Gasteiger charge is 2.11. The number of thioether (sulfide) groups is 1. The van der Waals surface area contributed by atoms with Gasteiger partial charge in [0, 0.05) is 4.47 Å². The van der Waals surface area contributed by atoms with Gasteiger partial charge in [-0.05, 0) is 32.0 Å². The largest absolute Gasteiger partial charge is 0.437 e. The van der Waals surface area contributed by atoms with Gasteiger partial charge < -0.3 is 9.73 Å². The molecule has 1 amide bonds. The van der Waals surface area contributed by atoms with E-state index in [1.807, 2.05) is 13.8 Å². The number of oxazole rings is 1. The molecule has 2 rings (SSSR count). The summed E-state index contributed by atoms with van der Waals surface area (Å²) in [5, 5.41) is 2.94. The second-order valence-corrected chi connectivity index (χ2v) is 5.92. The Hall–Kier alpha value is -1.34. The molecule has 0 aliphatic carbocycles. The standard InChI is InChI=1S/C13H12BrFN2O2S/c1-7-8(2)19-13(16-7)20-6-12(18)17-11-4-3-9(14)5-10(11)15/h3-5H,6H2,1-2H3,(H,17,18). The highest BCUT2D eigenvalue weighted by atomic mass is 79.9. The Morgan fingerprint density at radius 2 is 2.25 bits per heavy atom. The number of carbonyl (C=O) groups excluding carboxylic acids is 1. The van der Waals surface area contributed by atoms with E-state index in [0.29, 0.717) is 9.70 Å². The van der Waals surface area contributed by atoms with E-state index in [0.717, 1.165) is 11.5 Å². The number of carbonyl (C=O) groups is 1. The Labute approximate surface area is 128 Å². The molecular formula is C13H12BrFN2O2S. The van der Waals surface area contributed by atoms with Gasteiger partial charge >= 0.3 is 0 Å². The lowest BCUT2D eigenvalue weighted by atomic mass is 10.3. The van der Waals surface area contributed by atoms with Crippen LogP contribution in [0.5, 0.6) is 0 Å². The third-order valence-electron chi connectivity index (χ3n) is 2.54. The van der Waals surface area contributed by atoms with E-state index in [9.17, 15) is 9.18 Å². The number of anilines is 1. The number of benzene rings is 1. The number of halogens is 2. The van der Waals surface area contributed by atoms with Gasteiger partial charge in [-0.25, -0.2) is 9.37 Å². The van der Waals surface area contributed by atoms with Crippen molar-refractivity contribution in [2.75, 3.05) is 11.1 Å². The SMILES string of the molecule is Cc1nc(SCC(=O)Nc2ccc(Br)cc2F)oc1C. The van der Waals surface area contributed by atoms with E-state index in [-0.39, 0.29) is 17.3 Å². The maximum Gasteiger partial charge on any atom is 0.256 e. The number of amides is 1. The number of hydrogen-bond donors (Lipinski definition) is 1. The van der Waals surface area contributed by atoms with Crippen LogP contribution >= 0.6 is 27.7 Å². The monoisotopic (exact) mass is 358 g/mol. The molecule has 1 aromatic carbocycles. The first-order valence-corrected chi connectivity index (χ1v) is 7.55. The maximum absolute atomic E-state index is 13.5. The summed E-state index contributed by atoms with van der Waals surface area (Å²) < 4.78 is 19.5. The number of aryl methyl sites for hydroxylation is 2. The molecule has 0 saturated heterocycles. The van der Waals surface area contributed by atoms with Crippen molar-refractivity contribution in [2.24, 2.45) is 0 Å². The molecule has 4 nitrogen and oxygen atoms in total. The maximum atomic E-state index is 13.5. The first kappa shape index (κ1) is 15.1. The highest BCUT2D eigenvalue weighted by molar-refractivity contribution is 9.10. The van der Waals surface area contributed by atoms with Crippen molar-refractivity contribution in [3.05, 3.63) is 39.9 Å². The quantitative estimate of drug-likeness (QED) is 0.841. The van der Waals surface area contributed by atoms with Gasteiger partial charge in [-0.15, -0.1) is 0 Å². The first-order chi connectivity index (χ1) is 9.45. The van der Waals surface area contributed by atoms with Crippen molar-refractivity contribution in [3.63, 3.8) is 0 Å². The molecule has 0 saturated carbocycles. The zero-order valence-corrected chi connectivity index (χ0v) is 13.3. The second-order valence-electron chi connectivity index (χ2n) is 4.08. The molecule has 0 radical (unpaired) electrons. The van der Waals surface area contributed by atoms with E-state index < -0.39 is 5.82 Å². The lowest BCUT2D eigenvalue weighted by molar-refractivity contribution is -0.113. The lowest BCUT2D eigenvalue weighted by Gasteiger charge is -2.05. The van der Waals surface area contributed by atoms with Crippen molar-refractivity contribution in [1.29, 1.82) is 0 Å². The summed E-state index contributed by atoms with van der Waals surface area (Å²) >= 11 is 4.33. The van der Waals surface area contributed by atoms with Crippen LogP contribution in [0.15, 0.2) is 32.3 Å². The fourth-order valence-electron chi connectivity index (χ4n) is 1.41. The van der Waals surface area contributed by atoms with Gasteiger partial charge in [-0.3, -0.25) is 4.79 Å². The van der Waals surface area contributed by atoms with Crippen LogP contribution in [0.1, 0.15) is 11.5 Å². The van der Waals surface area contributed by atoms with Crippen molar-refractivity contribution in [1.82, 2.24) is 4.98 Å². The minimum Gasteiger partial charge on any atom is -0.437 e. The van der Waals surface area contributed by atoms with E-state index >= 15 is 0 Å².